The molecule has 0 spiro atoms. The Kier molecular flexibility index (Phi) is 6.64. The molecule has 0 saturated carbocycles. The van der Waals surface area contributed by atoms with Gasteiger partial charge in [0.2, 0.25) is 10.0 Å². The third-order valence-corrected chi connectivity index (χ3v) is 8.85. The second-order valence-corrected chi connectivity index (χ2v) is 11.3. The van der Waals surface area contributed by atoms with Crippen molar-refractivity contribution in [1.82, 2.24) is 14.1 Å². The number of aromatic nitrogens is 2. The van der Waals surface area contributed by atoms with Gasteiger partial charge in [0, 0.05) is 24.4 Å². The number of nitrogens with zero attached hydrogens (tertiary/aromatic N) is 3. The first-order valence-corrected chi connectivity index (χ1v) is 13.6. The van der Waals surface area contributed by atoms with Crippen LogP contribution in [0.15, 0.2) is 83.8 Å². The molecule has 186 valence electrons. The summed E-state index contributed by atoms with van der Waals surface area (Å²) in [4.78, 5) is 11.8. The Hall–Kier alpha value is -3.49. The maximum Gasteiger partial charge on any atom is 0.309 e. The molecule has 4 aromatic rings. The number of aryl methyl sites for hydroxylation is 1. The fourth-order valence-electron chi connectivity index (χ4n) is 5.13. The van der Waals surface area contributed by atoms with Crippen molar-refractivity contribution in [2.24, 2.45) is 5.92 Å². The van der Waals surface area contributed by atoms with E-state index < -0.39 is 16.0 Å². The highest BCUT2D eigenvalue weighted by molar-refractivity contribution is 7.89. The fourth-order valence-corrected chi connectivity index (χ4v) is 6.65. The number of fused-ring (bicyclic) bond motifs is 1. The second-order valence-electron chi connectivity index (χ2n) is 9.32. The number of sulfonamides is 1. The first-order valence-electron chi connectivity index (χ1n) is 12.2. The Morgan fingerprint density at radius 2 is 1.64 bits per heavy atom. The molecule has 36 heavy (non-hydrogen) atoms. The van der Waals surface area contributed by atoms with E-state index in [9.17, 15) is 18.3 Å². The van der Waals surface area contributed by atoms with Gasteiger partial charge in [0.1, 0.15) is 0 Å². The molecule has 3 aromatic carbocycles. The van der Waals surface area contributed by atoms with E-state index >= 15 is 0 Å². The highest BCUT2D eigenvalue weighted by Gasteiger charge is 2.41. The highest BCUT2D eigenvalue weighted by Crippen LogP contribution is 2.36. The summed E-state index contributed by atoms with van der Waals surface area (Å²) < 4.78 is 30.7. The van der Waals surface area contributed by atoms with Crippen molar-refractivity contribution in [3.8, 4) is 0 Å². The van der Waals surface area contributed by atoms with Crippen molar-refractivity contribution in [3.63, 3.8) is 0 Å². The maximum atomic E-state index is 13.6. The number of aliphatic carboxylic acids is 1. The molecule has 5 rings (SSSR count). The molecule has 1 N–H and O–H groups in total. The van der Waals surface area contributed by atoms with E-state index in [1.54, 1.807) is 16.4 Å². The SMILES string of the molecule is CCc1ccc(S(=O)(=O)N2C[C@@H](Cc3ccccc3)[C@@H](n3nc(CC(=O)O)c4ccccc43)C2)cc1. The minimum Gasteiger partial charge on any atom is -0.481 e. The van der Waals surface area contributed by atoms with Crippen LogP contribution < -0.4 is 0 Å². The zero-order valence-corrected chi connectivity index (χ0v) is 20.9. The number of carboxylic acids is 1. The number of rotatable bonds is 8. The molecule has 0 unspecified atom stereocenters. The Morgan fingerprint density at radius 3 is 2.33 bits per heavy atom. The summed E-state index contributed by atoms with van der Waals surface area (Å²) in [5.74, 6) is -0.976. The van der Waals surface area contributed by atoms with Gasteiger partial charge in [-0.25, -0.2) is 8.42 Å². The molecule has 0 radical (unpaired) electrons. The minimum atomic E-state index is -3.70. The molecule has 2 heterocycles. The van der Waals surface area contributed by atoms with Gasteiger partial charge in [-0.2, -0.15) is 9.40 Å². The van der Waals surface area contributed by atoms with Crippen LogP contribution in [0.5, 0.6) is 0 Å². The van der Waals surface area contributed by atoms with E-state index in [0.29, 0.717) is 18.7 Å². The van der Waals surface area contributed by atoms with Crippen LogP contribution in [0.2, 0.25) is 0 Å². The Bertz CT molecular complexity index is 1480. The highest BCUT2D eigenvalue weighted by atomic mass is 32.2. The largest absolute Gasteiger partial charge is 0.481 e. The lowest BCUT2D eigenvalue weighted by Crippen LogP contribution is -2.29. The molecule has 1 aliphatic heterocycles. The van der Waals surface area contributed by atoms with Gasteiger partial charge >= 0.3 is 5.97 Å². The molecule has 1 saturated heterocycles. The molecular formula is C28H29N3O4S. The Labute approximate surface area is 211 Å². The molecule has 1 aliphatic rings. The van der Waals surface area contributed by atoms with Gasteiger partial charge in [-0.05, 0) is 42.2 Å². The zero-order chi connectivity index (χ0) is 25.3. The lowest BCUT2D eigenvalue weighted by molar-refractivity contribution is -0.136. The topological polar surface area (TPSA) is 92.5 Å². The van der Waals surface area contributed by atoms with E-state index in [-0.39, 0.29) is 29.8 Å². The lowest BCUT2D eigenvalue weighted by atomic mass is 9.95. The lowest BCUT2D eigenvalue weighted by Gasteiger charge is -2.20. The van der Waals surface area contributed by atoms with Crippen LogP contribution in [0.25, 0.3) is 10.9 Å². The van der Waals surface area contributed by atoms with E-state index in [1.165, 1.54) is 0 Å². The summed E-state index contributed by atoms with van der Waals surface area (Å²) in [5, 5.41) is 14.9. The standard InChI is InChI=1S/C28H29N3O4S/c1-2-20-12-14-23(15-13-20)36(34,35)30-18-22(16-21-8-4-3-5-9-21)27(19-30)31-26-11-7-6-10-24(26)25(29-31)17-28(32)33/h3-15,22,27H,2,16-19H2,1H3,(H,32,33)/t22-,27+/m1/s1. The molecule has 1 aromatic heterocycles. The quantitative estimate of drug-likeness (QED) is 0.386. The Morgan fingerprint density at radius 1 is 0.944 bits per heavy atom. The molecule has 0 aliphatic carbocycles. The summed E-state index contributed by atoms with van der Waals surface area (Å²) >= 11 is 0. The maximum absolute atomic E-state index is 13.6. The van der Waals surface area contributed by atoms with Gasteiger partial charge in [-0.15, -0.1) is 0 Å². The van der Waals surface area contributed by atoms with Gasteiger partial charge in [0.05, 0.1) is 28.6 Å². The third-order valence-electron chi connectivity index (χ3n) is 7.01. The number of carbonyl (C=O) groups is 1. The molecule has 2 atom stereocenters. The van der Waals surface area contributed by atoms with Crippen molar-refractivity contribution in [3.05, 3.63) is 95.7 Å². The number of hydrogen-bond acceptors (Lipinski definition) is 4. The van der Waals surface area contributed by atoms with E-state index in [0.717, 1.165) is 28.5 Å². The number of para-hydroxylation sites is 1. The summed E-state index contributed by atoms with van der Waals surface area (Å²) in [6.07, 6.45) is 1.35. The van der Waals surface area contributed by atoms with Gasteiger partial charge in [-0.3, -0.25) is 9.48 Å². The van der Waals surface area contributed by atoms with Crippen molar-refractivity contribution in [2.45, 2.75) is 37.1 Å². The predicted molar refractivity (Wildman–Crippen MR) is 138 cm³/mol. The molecule has 0 bridgehead atoms. The Balaban J connectivity index is 1.55. The first-order chi connectivity index (χ1) is 17.4. The van der Waals surface area contributed by atoms with Crippen LogP contribution in [-0.2, 0) is 34.1 Å². The summed E-state index contributed by atoms with van der Waals surface area (Å²) in [5.41, 5.74) is 3.53. The number of hydrogen-bond donors (Lipinski definition) is 1. The summed E-state index contributed by atoms with van der Waals surface area (Å²) in [6, 6.07) is 24.5. The van der Waals surface area contributed by atoms with E-state index in [2.05, 4.69) is 12.1 Å². The van der Waals surface area contributed by atoms with Crippen molar-refractivity contribution >= 4 is 26.9 Å². The summed E-state index contributed by atoms with van der Waals surface area (Å²) in [6.45, 7) is 2.67. The zero-order valence-electron chi connectivity index (χ0n) is 20.1. The predicted octanol–water partition coefficient (Wildman–Crippen LogP) is 4.33. The minimum absolute atomic E-state index is 0.0296. The first kappa shape index (κ1) is 24.2. The van der Waals surface area contributed by atoms with Gasteiger partial charge in [-0.1, -0.05) is 67.6 Å². The summed E-state index contributed by atoms with van der Waals surface area (Å²) in [7, 11) is -3.70. The van der Waals surface area contributed by atoms with E-state index in [4.69, 9.17) is 5.10 Å². The fraction of sp³-hybridized carbons (Fsp3) is 0.286. The van der Waals surface area contributed by atoms with Gasteiger partial charge < -0.3 is 5.11 Å². The molecule has 7 nitrogen and oxygen atoms in total. The van der Waals surface area contributed by atoms with Gasteiger partial charge in [0.25, 0.3) is 0 Å². The van der Waals surface area contributed by atoms with Crippen LogP contribution in [-0.4, -0.2) is 46.7 Å². The third kappa shape index (κ3) is 4.66. The van der Waals surface area contributed by atoms with Crippen molar-refractivity contribution in [2.75, 3.05) is 13.1 Å². The average molecular weight is 504 g/mol. The van der Waals surface area contributed by atoms with Gasteiger partial charge in [0.15, 0.2) is 0 Å². The van der Waals surface area contributed by atoms with Crippen LogP contribution in [0, 0.1) is 5.92 Å². The molecular weight excluding hydrogens is 474 g/mol. The van der Waals surface area contributed by atoms with E-state index in [1.807, 2.05) is 66.2 Å². The van der Waals surface area contributed by atoms with Crippen LogP contribution in [0.1, 0.15) is 29.8 Å². The second kappa shape index (κ2) is 9.87. The normalized spacial score (nSPS) is 18.6. The molecule has 0 amide bonds. The van der Waals surface area contributed by atoms with Crippen LogP contribution in [0.3, 0.4) is 0 Å². The smallest absolute Gasteiger partial charge is 0.309 e. The molecule has 8 heteroatoms. The number of carboxylic acid groups (broad SMARTS) is 1. The monoisotopic (exact) mass is 503 g/mol. The van der Waals surface area contributed by atoms with Crippen molar-refractivity contribution < 1.29 is 18.3 Å². The number of benzene rings is 3. The van der Waals surface area contributed by atoms with Crippen molar-refractivity contribution in [1.29, 1.82) is 0 Å². The van der Waals surface area contributed by atoms with Crippen LogP contribution in [0.4, 0.5) is 0 Å². The average Bonchev–Trinajstić information content (AvgIpc) is 3.46. The van der Waals surface area contributed by atoms with Crippen LogP contribution >= 0.6 is 0 Å². The molecule has 1 fully saturated rings.